The number of halogens is 4. The van der Waals surface area contributed by atoms with Crippen molar-refractivity contribution < 1.29 is 33.4 Å². The highest BCUT2D eigenvalue weighted by atomic mass is 127. The standard InChI is InChI=1S/C21H23BrCl2N4OS.HI/c1-13-19(21(29)26-28(2)8-4-3-5-9-28)25-27(17-7-6-15(23)11-16(17)24)20(13)18-10-14(22)12-30-18;/h6-7,10-13,20H,3-5,8-9H2,1-2H3;1H/t13-,20+;/m1./s1. The minimum atomic E-state index is -0.118. The lowest BCUT2D eigenvalue weighted by molar-refractivity contribution is -0.947. The topological polar surface area (TPSA) is 44.7 Å². The van der Waals surface area contributed by atoms with Crippen LogP contribution in [0.3, 0.4) is 0 Å². The summed E-state index contributed by atoms with van der Waals surface area (Å²) in [6.07, 6.45) is 3.47. The molecule has 0 bridgehead atoms. The first-order valence-corrected chi connectivity index (χ1v) is 12.4. The molecule has 0 aliphatic carbocycles. The highest BCUT2D eigenvalue weighted by molar-refractivity contribution is 9.10. The summed E-state index contributed by atoms with van der Waals surface area (Å²) in [5.74, 6) is -0.209. The van der Waals surface area contributed by atoms with Crippen molar-refractivity contribution in [1.29, 1.82) is 0 Å². The number of piperidine rings is 1. The number of rotatable bonds is 4. The van der Waals surface area contributed by atoms with Crippen LogP contribution in [0.25, 0.3) is 0 Å². The van der Waals surface area contributed by atoms with E-state index in [0.717, 1.165) is 41.0 Å². The maximum absolute atomic E-state index is 13.3. The van der Waals surface area contributed by atoms with Gasteiger partial charge in [-0.3, -0.25) is 9.80 Å². The molecular formula is C21H24BrCl2IN4OS. The molecule has 2 aliphatic rings. The van der Waals surface area contributed by atoms with Gasteiger partial charge < -0.3 is 24.0 Å². The lowest BCUT2D eigenvalue weighted by atomic mass is 9.95. The third-order valence-electron chi connectivity index (χ3n) is 5.83. The molecule has 1 fully saturated rings. The van der Waals surface area contributed by atoms with Gasteiger partial charge in [0, 0.05) is 25.7 Å². The van der Waals surface area contributed by atoms with Crippen LogP contribution in [0.4, 0.5) is 5.69 Å². The van der Waals surface area contributed by atoms with Crippen molar-refractivity contribution in [3.8, 4) is 0 Å². The average Bonchev–Trinajstić information content (AvgIpc) is 3.25. The van der Waals surface area contributed by atoms with Crippen molar-refractivity contribution in [2.45, 2.75) is 32.2 Å². The van der Waals surface area contributed by atoms with E-state index in [1.165, 1.54) is 6.42 Å². The molecule has 1 aromatic heterocycles. The van der Waals surface area contributed by atoms with E-state index in [2.05, 4.69) is 41.4 Å². The molecule has 1 saturated heterocycles. The molecule has 4 rings (SSSR count). The Morgan fingerprint density at radius 1 is 1.26 bits per heavy atom. The number of nitrogens with zero attached hydrogens (tertiary/aromatic N) is 3. The maximum atomic E-state index is 13.3. The third-order valence-corrected chi connectivity index (χ3v) is 8.13. The van der Waals surface area contributed by atoms with E-state index >= 15 is 0 Å². The molecule has 168 valence electrons. The fourth-order valence-electron chi connectivity index (χ4n) is 4.23. The van der Waals surface area contributed by atoms with Crippen LogP contribution in [0.1, 0.15) is 37.1 Å². The second kappa shape index (κ2) is 10.3. The molecule has 10 heteroatoms. The van der Waals surface area contributed by atoms with Gasteiger partial charge in [-0.2, -0.15) is 10.5 Å². The van der Waals surface area contributed by atoms with Gasteiger partial charge in [-0.25, -0.2) is 4.59 Å². The van der Waals surface area contributed by atoms with E-state index in [0.29, 0.717) is 20.3 Å². The fraction of sp³-hybridized carbons (Fsp3) is 0.429. The first kappa shape index (κ1) is 25.2. The number of thiophene rings is 1. The lowest BCUT2D eigenvalue weighted by Gasteiger charge is -2.36. The Morgan fingerprint density at radius 2 is 1.97 bits per heavy atom. The SMILES string of the molecule is C[C@@H]1C(C(=O)N[N+]2(C)CCCCC2)=NN(c2ccc(Cl)cc2Cl)[C@@H]1c1cc(Br)cs1.[I-]. The summed E-state index contributed by atoms with van der Waals surface area (Å²) in [6.45, 7) is 3.94. The molecule has 0 saturated carbocycles. The van der Waals surface area contributed by atoms with Gasteiger partial charge in [-0.15, -0.1) is 11.3 Å². The van der Waals surface area contributed by atoms with E-state index in [1.807, 2.05) is 16.5 Å². The first-order valence-electron chi connectivity index (χ1n) is 10.0. The molecule has 0 spiro atoms. The summed E-state index contributed by atoms with van der Waals surface area (Å²) in [7, 11) is 2.08. The fourth-order valence-corrected chi connectivity index (χ4v) is 6.36. The molecule has 3 heterocycles. The molecule has 1 amide bonds. The number of anilines is 1. The van der Waals surface area contributed by atoms with E-state index in [9.17, 15) is 4.79 Å². The average molecular weight is 658 g/mol. The number of hydrazone groups is 1. The summed E-state index contributed by atoms with van der Waals surface area (Å²) >= 11 is 17.8. The summed E-state index contributed by atoms with van der Waals surface area (Å²) in [5, 5.41) is 9.77. The van der Waals surface area contributed by atoms with Gasteiger partial charge in [-0.05, 0) is 59.5 Å². The Kier molecular flexibility index (Phi) is 8.35. The second-order valence-electron chi connectivity index (χ2n) is 8.17. The lowest BCUT2D eigenvalue weighted by Crippen LogP contribution is -3.00. The molecule has 0 radical (unpaired) electrons. The maximum Gasteiger partial charge on any atom is 0.312 e. The molecule has 2 atom stereocenters. The zero-order valence-electron chi connectivity index (χ0n) is 17.2. The number of amides is 1. The van der Waals surface area contributed by atoms with E-state index in [1.54, 1.807) is 23.5 Å². The van der Waals surface area contributed by atoms with E-state index < -0.39 is 0 Å². The number of hydrogen-bond acceptors (Lipinski definition) is 4. The van der Waals surface area contributed by atoms with Crippen molar-refractivity contribution in [3.63, 3.8) is 0 Å². The number of hydrogen-bond donors (Lipinski definition) is 1. The Labute approximate surface area is 222 Å². The minimum Gasteiger partial charge on any atom is -1.00 e. The number of nitrogens with one attached hydrogen (secondary N) is 1. The molecule has 2 aliphatic heterocycles. The number of likely N-dealkylation sites (tertiary alicyclic amines) is 1. The summed E-state index contributed by atoms with van der Waals surface area (Å²) in [6, 6.07) is 7.32. The Balaban J connectivity index is 0.00000272. The molecule has 0 unspecified atom stereocenters. The third kappa shape index (κ3) is 5.41. The smallest absolute Gasteiger partial charge is 0.312 e. The molecular weight excluding hydrogens is 634 g/mol. The van der Waals surface area contributed by atoms with Gasteiger partial charge in [0.2, 0.25) is 0 Å². The summed E-state index contributed by atoms with van der Waals surface area (Å²) in [5.41, 5.74) is 4.49. The monoisotopic (exact) mass is 656 g/mol. The largest absolute Gasteiger partial charge is 1.00 e. The van der Waals surface area contributed by atoms with Crippen LogP contribution in [-0.4, -0.2) is 36.3 Å². The van der Waals surface area contributed by atoms with Crippen LogP contribution >= 0.6 is 50.5 Å². The quantitative estimate of drug-likeness (QED) is 0.406. The highest BCUT2D eigenvalue weighted by Crippen LogP contribution is 2.44. The predicted molar refractivity (Wildman–Crippen MR) is 128 cm³/mol. The number of carbonyl (C=O) groups excluding carboxylic acids is 1. The van der Waals surface area contributed by atoms with Crippen molar-refractivity contribution >= 4 is 67.8 Å². The Hall–Kier alpha value is -0.390. The van der Waals surface area contributed by atoms with Gasteiger partial charge in [0.1, 0.15) is 18.8 Å². The van der Waals surface area contributed by atoms with Crippen LogP contribution in [0.5, 0.6) is 0 Å². The Bertz CT molecular complexity index is 996. The second-order valence-corrected chi connectivity index (χ2v) is 10.9. The number of carbonyl (C=O) groups is 1. The molecule has 5 nitrogen and oxygen atoms in total. The molecule has 31 heavy (non-hydrogen) atoms. The molecule has 1 N–H and O–H groups in total. The number of quaternary nitrogens is 1. The van der Waals surface area contributed by atoms with Crippen LogP contribution in [0, 0.1) is 5.92 Å². The van der Waals surface area contributed by atoms with E-state index in [-0.39, 0.29) is 41.8 Å². The number of benzene rings is 1. The van der Waals surface area contributed by atoms with Crippen molar-refractivity contribution in [2.75, 3.05) is 25.1 Å². The van der Waals surface area contributed by atoms with Gasteiger partial charge in [0.05, 0.1) is 23.8 Å². The van der Waals surface area contributed by atoms with Gasteiger partial charge in [-0.1, -0.05) is 30.1 Å². The Morgan fingerprint density at radius 3 is 2.58 bits per heavy atom. The van der Waals surface area contributed by atoms with Crippen molar-refractivity contribution in [1.82, 2.24) is 5.43 Å². The molecule has 1 aromatic carbocycles. The van der Waals surface area contributed by atoms with Gasteiger partial charge in [0.15, 0.2) is 0 Å². The summed E-state index contributed by atoms with van der Waals surface area (Å²) < 4.78 is 1.57. The first-order chi connectivity index (χ1) is 14.3. The predicted octanol–water partition coefficient (Wildman–Crippen LogP) is 3.04. The van der Waals surface area contributed by atoms with E-state index in [4.69, 9.17) is 28.3 Å². The minimum absolute atomic E-state index is 0. The van der Waals surface area contributed by atoms with Crippen LogP contribution < -0.4 is 34.4 Å². The van der Waals surface area contributed by atoms with Crippen molar-refractivity contribution in [3.05, 3.63) is 49.0 Å². The highest BCUT2D eigenvalue weighted by Gasteiger charge is 2.42. The zero-order chi connectivity index (χ0) is 21.5. The molecule has 2 aromatic rings. The van der Waals surface area contributed by atoms with Gasteiger partial charge in [0.25, 0.3) is 0 Å². The van der Waals surface area contributed by atoms with Crippen LogP contribution in [0.15, 0.2) is 39.2 Å². The van der Waals surface area contributed by atoms with Crippen LogP contribution in [-0.2, 0) is 4.79 Å². The van der Waals surface area contributed by atoms with Crippen molar-refractivity contribution in [2.24, 2.45) is 11.0 Å². The van der Waals surface area contributed by atoms with Gasteiger partial charge >= 0.3 is 5.91 Å². The normalized spacial score (nSPS) is 22.6. The van der Waals surface area contributed by atoms with Crippen LogP contribution in [0.2, 0.25) is 10.0 Å². The summed E-state index contributed by atoms with van der Waals surface area (Å²) in [4.78, 5) is 14.4. The zero-order valence-corrected chi connectivity index (χ0v) is 23.3.